The normalized spacial score (nSPS) is 13.1. The quantitative estimate of drug-likeness (QED) is 0.803. The first-order chi connectivity index (χ1) is 7.88. The van der Waals surface area contributed by atoms with Gasteiger partial charge >= 0.3 is 0 Å². The second-order valence-electron chi connectivity index (χ2n) is 3.76. The predicted octanol–water partition coefficient (Wildman–Crippen LogP) is 3.15. The summed E-state index contributed by atoms with van der Waals surface area (Å²) in [5.74, 6) is 0. The van der Waals surface area contributed by atoms with Crippen LogP contribution in [0.4, 0.5) is 0 Å². The van der Waals surface area contributed by atoms with E-state index in [-0.39, 0.29) is 0 Å². The lowest BCUT2D eigenvalue weighted by atomic mass is 10.0. The van der Waals surface area contributed by atoms with Gasteiger partial charge in [0.25, 0.3) is 0 Å². The monoisotopic (exact) mass is 205 g/mol. The van der Waals surface area contributed by atoms with Crippen molar-refractivity contribution in [1.82, 2.24) is 4.98 Å². The summed E-state index contributed by atoms with van der Waals surface area (Å²) >= 11 is 0. The minimum atomic E-state index is 0.686. The summed E-state index contributed by atoms with van der Waals surface area (Å²) < 4.78 is 0. The predicted molar refractivity (Wildman–Crippen MR) is 63.2 cm³/mol. The van der Waals surface area contributed by atoms with Crippen LogP contribution in [0.2, 0.25) is 0 Å². The number of hydrogen-bond acceptors (Lipinski definition) is 1. The van der Waals surface area contributed by atoms with Gasteiger partial charge in [0.05, 0.1) is 5.56 Å². The Hall–Kier alpha value is -2.27. The van der Waals surface area contributed by atoms with E-state index in [0.29, 0.717) is 5.56 Å². The van der Waals surface area contributed by atoms with E-state index in [1.165, 1.54) is 11.1 Å². The summed E-state index contributed by atoms with van der Waals surface area (Å²) in [7, 11) is 0. The van der Waals surface area contributed by atoms with Crippen LogP contribution in [0.1, 0.15) is 11.1 Å². The summed E-state index contributed by atoms with van der Waals surface area (Å²) in [6.07, 6.45) is 7.76. The van der Waals surface area contributed by atoms with Gasteiger partial charge in [0.1, 0.15) is 6.07 Å². The van der Waals surface area contributed by atoms with Gasteiger partial charge in [0, 0.05) is 24.4 Å². The maximum Gasteiger partial charge on any atom is 0.101 e. The standard InChI is InChI=1S/C14H9N2/c15-7-13-8-16-9-14(13)12-3-1-2-11(6-12)10-4-5-10/h1-6,8-9,16H. The summed E-state index contributed by atoms with van der Waals surface area (Å²) in [5.41, 5.74) is 5.21. The second-order valence-corrected chi connectivity index (χ2v) is 3.76. The van der Waals surface area contributed by atoms with Crippen LogP contribution >= 0.6 is 0 Å². The molecule has 0 unspecified atom stereocenters. The Kier molecular flexibility index (Phi) is 1.91. The van der Waals surface area contributed by atoms with Crippen molar-refractivity contribution in [3.63, 3.8) is 0 Å². The Labute approximate surface area is 93.9 Å². The number of rotatable bonds is 2. The molecule has 1 aromatic heterocycles. The molecule has 1 aliphatic rings. The minimum absolute atomic E-state index is 0.686. The number of hydrogen-bond donors (Lipinski definition) is 1. The number of aromatic amines is 1. The molecule has 0 atom stereocenters. The smallest absolute Gasteiger partial charge is 0.101 e. The maximum atomic E-state index is 8.97. The lowest BCUT2D eigenvalue weighted by Crippen LogP contribution is -1.80. The highest BCUT2D eigenvalue weighted by Crippen LogP contribution is 2.32. The van der Waals surface area contributed by atoms with Crippen LogP contribution in [0.5, 0.6) is 0 Å². The fraction of sp³-hybridized carbons (Fsp3) is 0. The zero-order valence-corrected chi connectivity index (χ0v) is 8.57. The van der Waals surface area contributed by atoms with Crippen LogP contribution in [0.25, 0.3) is 16.7 Å². The fourth-order valence-corrected chi connectivity index (χ4v) is 1.80. The first-order valence-electron chi connectivity index (χ1n) is 5.11. The number of H-pyrrole nitrogens is 1. The average molecular weight is 205 g/mol. The van der Waals surface area contributed by atoms with Gasteiger partial charge in [-0.2, -0.15) is 5.26 Å². The number of nitriles is 1. The van der Waals surface area contributed by atoms with Gasteiger partial charge in [-0.3, -0.25) is 0 Å². The number of aromatic nitrogens is 1. The Balaban J connectivity index is 2.10. The van der Waals surface area contributed by atoms with Crippen LogP contribution in [0.15, 0.2) is 42.7 Å². The molecule has 3 rings (SSSR count). The van der Waals surface area contributed by atoms with E-state index >= 15 is 0 Å². The fourth-order valence-electron chi connectivity index (χ4n) is 1.80. The summed E-state index contributed by atoms with van der Waals surface area (Å²) in [6, 6.07) is 10.4. The molecular weight excluding hydrogens is 196 g/mol. The van der Waals surface area contributed by atoms with Crippen LogP contribution in [0.3, 0.4) is 0 Å². The summed E-state index contributed by atoms with van der Waals surface area (Å²) in [6.45, 7) is 0. The summed E-state index contributed by atoms with van der Waals surface area (Å²) in [4.78, 5) is 2.97. The third kappa shape index (κ3) is 1.43. The van der Waals surface area contributed by atoms with E-state index in [9.17, 15) is 0 Å². The van der Waals surface area contributed by atoms with Gasteiger partial charge in [-0.15, -0.1) is 0 Å². The molecule has 0 spiro atoms. The molecular formula is C14H9N2. The lowest BCUT2D eigenvalue weighted by molar-refractivity contribution is 1.40. The van der Waals surface area contributed by atoms with Gasteiger partial charge in [0.15, 0.2) is 0 Å². The largest absolute Gasteiger partial charge is 0.366 e. The third-order valence-corrected chi connectivity index (χ3v) is 2.71. The molecule has 0 bridgehead atoms. The lowest BCUT2D eigenvalue weighted by Gasteiger charge is -2.01. The average Bonchev–Trinajstić information content (AvgIpc) is 3.07. The molecule has 16 heavy (non-hydrogen) atoms. The third-order valence-electron chi connectivity index (χ3n) is 2.71. The van der Waals surface area contributed by atoms with Crippen molar-refractivity contribution in [2.75, 3.05) is 0 Å². The van der Waals surface area contributed by atoms with Crippen molar-refractivity contribution < 1.29 is 0 Å². The van der Waals surface area contributed by atoms with Crippen molar-refractivity contribution in [2.45, 2.75) is 0 Å². The van der Waals surface area contributed by atoms with E-state index in [1.807, 2.05) is 18.3 Å². The molecule has 1 radical (unpaired) electrons. The maximum absolute atomic E-state index is 8.97. The molecule has 0 aliphatic heterocycles. The van der Waals surface area contributed by atoms with E-state index in [2.05, 4.69) is 35.7 Å². The highest BCUT2D eigenvalue weighted by atomic mass is 14.6. The van der Waals surface area contributed by atoms with Gasteiger partial charge in [-0.1, -0.05) is 24.3 Å². The molecule has 2 aromatic rings. The van der Waals surface area contributed by atoms with E-state index in [0.717, 1.165) is 11.1 Å². The van der Waals surface area contributed by atoms with Gasteiger partial charge in [0.2, 0.25) is 0 Å². The second kappa shape index (κ2) is 3.39. The van der Waals surface area contributed by atoms with Crippen molar-refractivity contribution in [1.29, 1.82) is 5.26 Å². The van der Waals surface area contributed by atoms with Crippen LogP contribution in [-0.4, -0.2) is 4.98 Å². The number of allylic oxidation sites excluding steroid dienone is 2. The van der Waals surface area contributed by atoms with E-state index in [1.54, 1.807) is 6.20 Å². The Bertz CT molecular complexity index is 612. The number of nitrogens with one attached hydrogen (secondary N) is 1. The Morgan fingerprint density at radius 3 is 2.69 bits per heavy atom. The molecule has 0 amide bonds. The Morgan fingerprint density at radius 2 is 1.94 bits per heavy atom. The van der Waals surface area contributed by atoms with Crippen LogP contribution < -0.4 is 0 Å². The number of benzene rings is 1. The molecule has 0 saturated heterocycles. The first kappa shape index (κ1) is 8.99. The molecule has 1 N–H and O–H groups in total. The number of nitrogens with zero attached hydrogens (tertiary/aromatic N) is 1. The zero-order chi connectivity index (χ0) is 11.0. The molecule has 0 fully saturated rings. The molecule has 75 valence electrons. The van der Waals surface area contributed by atoms with Crippen molar-refractivity contribution in [3.8, 4) is 17.2 Å². The van der Waals surface area contributed by atoms with Gasteiger partial charge in [-0.05, 0) is 22.8 Å². The van der Waals surface area contributed by atoms with E-state index in [4.69, 9.17) is 5.26 Å². The van der Waals surface area contributed by atoms with Crippen LogP contribution in [0, 0.1) is 17.8 Å². The van der Waals surface area contributed by atoms with Gasteiger partial charge in [-0.25, -0.2) is 0 Å². The molecule has 1 aliphatic carbocycles. The molecule has 1 aromatic carbocycles. The minimum Gasteiger partial charge on any atom is -0.366 e. The highest BCUT2D eigenvalue weighted by molar-refractivity contribution is 5.88. The Morgan fingerprint density at radius 1 is 1.12 bits per heavy atom. The van der Waals surface area contributed by atoms with E-state index < -0.39 is 0 Å². The van der Waals surface area contributed by atoms with Crippen molar-refractivity contribution >= 4 is 5.57 Å². The summed E-state index contributed by atoms with van der Waals surface area (Å²) in [5, 5.41) is 8.97. The van der Waals surface area contributed by atoms with Crippen LogP contribution in [-0.2, 0) is 0 Å². The SMILES string of the molecule is N#Cc1c[nH]cc1-c1cccc(C2=C[CH]2)c1. The highest BCUT2D eigenvalue weighted by Gasteiger charge is 2.12. The molecule has 2 heteroatoms. The van der Waals surface area contributed by atoms with Crippen molar-refractivity contribution in [3.05, 3.63) is 60.3 Å². The molecule has 2 nitrogen and oxygen atoms in total. The molecule has 1 heterocycles. The van der Waals surface area contributed by atoms with Crippen molar-refractivity contribution in [2.24, 2.45) is 0 Å². The first-order valence-corrected chi connectivity index (χ1v) is 5.11. The zero-order valence-electron chi connectivity index (χ0n) is 8.57. The van der Waals surface area contributed by atoms with Gasteiger partial charge < -0.3 is 4.98 Å². The topological polar surface area (TPSA) is 39.6 Å². The molecule has 0 saturated carbocycles.